The lowest BCUT2D eigenvalue weighted by molar-refractivity contribution is -0.147. The molecule has 36 heavy (non-hydrogen) atoms. The lowest BCUT2D eigenvalue weighted by atomic mass is 9.84. The number of carboxylic acid groups (broad SMARTS) is 1. The number of halogens is 1. The normalized spacial score (nSPS) is 18.9. The van der Waals surface area contributed by atoms with Crippen molar-refractivity contribution in [1.82, 2.24) is 14.8 Å². The molecule has 0 saturated carbocycles. The summed E-state index contributed by atoms with van der Waals surface area (Å²) in [5.41, 5.74) is 4.03. The first-order chi connectivity index (χ1) is 17.4. The maximum Gasteiger partial charge on any atom is 0.321 e. The van der Waals surface area contributed by atoms with Crippen LogP contribution >= 0.6 is 0 Å². The van der Waals surface area contributed by atoms with Crippen molar-refractivity contribution in [2.24, 2.45) is 5.92 Å². The van der Waals surface area contributed by atoms with E-state index >= 15 is 0 Å². The zero-order chi connectivity index (χ0) is 25.7. The van der Waals surface area contributed by atoms with Crippen molar-refractivity contribution >= 4 is 23.8 Å². The summed E-state index contributed by atoms with van der Waals surface area (Å²) in [5, 5.41) is 12.8. The highest BCUT2D eigenvalue weighted by Crippen LogP contribution is 2.35. The predicted molar refractivity (Wildman–Crippen MR) is 139 cm³/mol. The van der Waals surface area contributed by atoms with Gasteiger partial charge in [-0.2, -0.15) is 0 Å². The topological polar surface area (TPSA) is 88.7 Å². The van der Waals surface area contributed by atoms with E-state index in [1.807, 2.05) is 6.08 Å². The number of nitrogens with zero attached hydrogens (tertiary/aromatic N) is 2. The van der Waals surface area contributed by atoms with Gasteiger partial charge in [-0.3, -0.25) is 9.69 Å². The fraction of sp³-hybridized carbons (Fsp3) is 0.429. The van der Waals surface area contributed by atoms with Crippen LogP contribution in [0.3, 0.4) is 0 Å². The minimum atomic E-state index is -0.789. The number of allylic oxidation sites excluding steroid dienone is 2. The molecule has 1 aromatic carbocycles. The molecule has 2 saturated heterocycles. The maximum absolute atomic E-state index is 13.4. The molecule has 4 rings (SSSR count). The number of benzene rings is 1. The van der Waals surface area contributed by atoms with Gasteiger partial charge < -0.3 is 20.3 Å². The third-order valence-corrected chi connectivity index (χ3v) is 7.52. The predicted octanol–water partition coefficient (Wildman–Crippen LogP) is 5.24. The standard InChI is InChI=1S/C28H35FN4O3/c1-3-4-8-24-19(2)30-18-25(24)20-9-13-32(14-10-20)26(27(34)35)21-11-15-33(16-12-21)28(36)31-23-7-5-6-22(29)17-23/h3-8,17-18,20-21,26,30H,1,9-16H2,2H3,(H,31,36)(H,34,35)/b8-4-. The third kappa shape index (κ3) is 5.87. The summed E-state index contributed by atoms with van der Waals surface area (Å²) < 4.78 is 13.4. The second kappa shape index (κ2) is 11.6. The fourth-order valence-electron chi connectivity index (χ4n) is 5.61. The van der Waals surface area contributed by atoms with Crippen LogP contribution in [0.1, 0.15) is 48.4 Å². The molecule has 0 radical (unpaired) electrons. The van der Waals surface area contributed by atoms with Gasteiger partial charge >= 0.3 is 12.0 Å². The van der Waals surface area contributed by atoms with Crippen molar-refractivity contribution in [3.8, 4) is 0 Å². The molecule has 2 amide bonds. The van der Waals surface area contributed by atoms with Crippen LogP contribution in [0, 0.1) is 18.7 Å². The first-order valence-electron chi connectivity index (χ1n) is 12.6. The van der Waals surface area contributed by atoms with Crippen LogP contribution in [-0.4, -0.2) is 64.1 Å². The van der Waals surface area contributed by atoms with Crippen molar-refractivity contribution < 1.29 is 19.1 Å². The van der Waals surface area contributed by atoms with Crippen LogP contribution < -0.4 is 5.32 Å². The number of likely N-dealkylation sites (tertiary alicyclic amines) is 2. The van der Waals surface area contributed by atoms with Gasteiger partial charge in [-0.25, -0.2) is 9.18 Å². The number of hydrogen-bond acceptors (Lipinski definition) is 3. The van der Waals surface area contributed by atoms with Crippen molar-refractivity contribution in [3.63, 3.8) is 0 Å². The number of carbonyl (C=O) groups is 2. The molecule has 1 aromatic heterocycles. The summed E-state index contributed by atoms with van der Waals surface area (Å²) in [4.78, 5) is 32.1. The molecule has 192 valence electrons. The Bertz CT molecular complexity index is 1110. The molecule has 3 N–H and O–H groups in total. The number of piperidine rings is 2. The Hall–Kier alpha value is -3.39. The number of aliphatic carboxylic acids is 1. The molecule has 1 atom stereocenters. The van der Waals surface area contributed by atoms with Crippen LogP contribution in [-0.2, 0) is 4.79 Å². The monoisotopic (exact) mass is 494 g/mol. The number of amides is 2. The molecule has 2 fully saturated rings. The number of hydrogen-bond donors (Lipinski definition) is 3. The van der Waals surface area contributed by atoms with Gasteiger partial charge in [0.25, 0.3) is 0 Å². The van der Waals surface area contributed by atoms with Gasteiger partial charge in [-0.05, 0) is 86.9 Å². The minimum absolute atomic E-state index is 0.0159. The van der Waals surface area contributed by atoms with Gasteiger partial charge in [0.15, 0.2) is 0 Å². The molecular formula is C28H35FN4O3. The highest BCUT2D eigenvalue weighted by molar-refractivity contribution is 5.89. The summed E-state index contributed by atoms with van der Waals surface area (Å²) in [5.74, 6) is -0.824. The largest absolute Gasteiger partial charge is 0.480 e. The number of urea groups is 1. The molecule has 3 heterocycles. The minimum Gasteiger partial charge on any atom is -0.480 e. The van der Waals surface area contributed by atoms with Crippen LogP contribution in [0.25, 0.3) is 6.08 Å². The van der Waals surface area contributed by atoms with Gasteiger partial charge in [0.1, 0.15) is 11.9 Å². The zero-order valence-corrected chi connectivity index (χ0v) is 20.8. The van der Waals surface area contributed by atoms with Crippen molar-refractivity contribution in [3.05, 3.63) is 71.8 Å². The Morgan fingerprint density at radius 1 is 1.19 bits per heavy atom. The lowest BCUT2D eigenvalue weighted by Crippen LogP contribution is -2.52. The van der Waals surface area contributed by atoms with E-state index in [4.69, 9.17) is 0 Å². The average Bonchev–Trinajstić information content (AvgIpc) is 3.23. The molecule has 0 aliphatic carbocycles. The van der Waals surface area contributed by atoms with Gasteiger partial charge in [-0.1, -0.05) is 30.9 Å². The molecule has 0 bridgehead atoms. The molecule has 7 nitrogen and oxygen atoms in total. The summed E-state index contributed by atoms with van der Waals surface area (Å²) in [6.45, 7) is 8.25. The highest BCUT2D eigenvalue weighted by atomic mass is 19.1. The Balaban J connectivity index is 1.33. The van der Waals surface area contributed by atoms with E-state index in [0.29, 0.717) is 37.5 Å². The van der Waals surface area contributed by atoms with Crippen LogP contribution in [0.5, 0.6) is 0 Å². The third-order valence-electron chi connectivity index (χ3n) is 7.52. The first kappa shape index (κ1) is 25.7. The van der Waals surface area contributed by atoms with Gasteiger partial charge in [0.05, 0.1) is 0 Å². The number of H-pyrrole nitrogens is 1. The molecule has 8 heteroatoms. The summed E-state index contributed by atoms with van der Waals surface area (Å²) in [6, 6.07) is 4.97. The van der Waals surface area contributed by atoms with Gasteiger partial charge in [0, 0.05) is 30.7 Å². The lowest BCUT2D eigenvalue weighted by Gasteiger charge is -2.42. The van der Waals surface area contributed by atoms with Crippen LogP contribution in [0.15, 0.2) is 49.2 Å². The number of aromatic amines is 1. The number of rotatable bonds is 7. The van der Waals surface area contributed by atoms with E-state index in [1.165, 1.54) is 23.3 Å². The average molecular weight is 495 g/mol. The van der Waals surface area contributed by atoms with Crippen LogP contribution in [0.2, 0.25) is 0 Å². The molecule has 2 aromatic rings. The number of aryl methyl sites for hydroxylation is 1. The smallest absolute Gasteiger partial charge is 0.321 e. The summed E-state index contributed by atoms with van der Waals surface area (Å²) in [6.07, 6.45) is 10.9. The maximum atomic E-state index is 13.4. The van der Waals surface area contributed by atoms with Gasteiger partial charge in [0.2, 0.25) is 0 Å². The van der Waals surface area contributed by atoms with E-state index in [1.54, 1.807) is 23.1 Å². The molecule has 0 spiro atoms. The van der Waals surface area contributed by atoms with E-state index in [2.05, 4.69) is 41.0 Å². The fourth-order valence-corrected chi connectivity index (χ4v) is 5.61. The van der Waals surface area contributed by atoms with Crippen molar-refractivity contribution in [2.75, 3.05) is 31.5 Å². The van der Waals surface area contributed by atoms with E-state index in [-0.39, 0.29) is 11.9 Å². The Kier molecular flexibility index (Phi) is 8.25. The summed E-state index contributed by atoms with van der Waals surface area (Å²) >= 11 is 0. The van der Waals surface area contributed by atoms with Crippen molar-refractivity contribution in [2.45, 2.75) is 44.6 Å². The number of carbonyl (C=O) groups excluding carboxylic acids is 1. The van der Waals surface area contributed by atoms with Gasteiger partial charge in [-0.15, -0.1) is 0 Å². The van der Waals surface area contributed by atoms with Crippen molar-refractivity contribution in [1.29, 1.82) is 0 Å². The molecule has 1 unspecified atom stereocenters. The molecule has 2 aliphatic heterocycles. The second-order valence-corrected chi connectivity index (χ2v) is 9.74. The Morgan fingerprint density at radius 3 is 2.56 bits per heavy atom. The Labute approximate surface area is 211 Å². The highest BCUT2D eigenvalue weighted by Gasteiger charge is 2.38. The van der Waals surface area contributed by atoms with Crippen LogP contribution in [0.4, 0.5) is 14.9 Å². The van der Waals surface area contributed by atoms with E-state index in [0.717, 1.165) is 31.6 Å². The summed E-state index contributed by atoms with van der Waals surface area (Å²) in [7, 11) is 0. The quantitative estimate of drug-likeness (QED) is 0.460. The Morgan fingerprint density at radius 2 is 1.92 bits per heavy atom. The number of anilines is 1. The number of carboxylic acids is 1. The zero-order valence-electron chi connectivity index (χ0n) is 20.8. The molecule has 2 aliphatic rings. The molecular weight excluding hydrogens is 459 g/mol. The SMILES string of the molecule is C=C/C=C\c1c(C2CCN(C(C(=O)O)C3CCN(C(=O)Nc4cccc(F)c4)CC3)CC2)c[nH]c1C. The first-order valence-corrected chi connectivity index (χ1v) is 12.6. The second-order valence-electron chi connectivity index (χ2n) is 9.74. The van der Waals surface area contributed by atoms with E-state index in [9.17, 15) is 19.1 Å². The number of nitrogens with one attached hydrogen (secondary N) is 2. The number of aromatic nitrogens is 1. The van der Waals surface area contributed by atoms with E-state index < -0.39 is 17.8 Å².